The van der Waals surface area contributed by atoms with E-state index in [9.17, 15) is 5.26 Å². The van der Waals surface area contributed by atoms with Gasteiger partial charge in [0.2, 0.25) is 11.8 Å². The van der Waals surface area contributed by atoms with Crippen LogP contribution in [0, 0.1) is 18.3 Å². The molecule has 0 amide bonds. The monoisotopic (exact) mass is 443 g/mol. The van der Waals surface area contributed by atoms with Crippen molar-refractivity contribution in [1.29, 1.82) is 5.26 Å². The molecule has 0 radical (unpaired) electrons. The van der Waals surface area contributed by atoms with Crippen molar-refractivity contribution in [3.05, 3.63) is 88.0 Å². The van der Waals surface area contributed by atoms with E-state index >= 15 is 0 Å². The zero-order valence-corrected chi connectivity index (χ0v) is 18.1. The summed E-state index contributed by atoms with van der Waals surface area (Å²) in [6.45, 7) is 1.87. The van der Waals surface area contributed by atoms with E-state index in [1.807, 2.05) is 61.5 Å². The molecule has 2 aromatic carbocycles. The number of hydrogen-bond donors (Lipinski definition) is 1. The summed E-state index contributed by atoms with van der Waals surface area (Å²) in [7, 11) is 1.61. The molecule has 0 saturated carbocycles. The predicted octanol–water partition coefficient (Wildman–Crippen LogP) is 4.61. The number of rotatable bonds is 3. The molecule has 158 valence electrons. The Labute approximate surface area is 189 Å². The van der Waals surface area contributed by atoms with Crippen molar-refractivity contribution in [2.75, 3.05) is 7.11 Å². The van der Waals surface area contributed by atoms with Crippen LogP contribution in [-0.2, 0) is 0 Å². The lowest BCUT2D eigenvalue weighted by Gasteiger charge is -2.25. The first-order valence-electron chi connectivity index (χ1n) is 9.88. The molecule has 1 atom stereocenters. The van der Waals surface area contributed by atoms with E-state index in [-0.39, 0.29) is 16.6 Å². The van der Waals surface area contributed by atoms with Crippen molar-refractivity contribution in [1.82, 2.24) is 14.8 Å². The number of nitrogens with zero attached hydrogens (tertiary/aromatic N) is 4. The van der Waals surface area contributed by atoms with Crippen molar-refractivity contribution in [3.8, 4) is 23.4 Å². The van der Waals surface area contributed by atoms with Crippen LogP contribution in [0.3, 0.4) is 0 Å². The Kier molecular flexibility index (Phi) is 4.72. The second-order valence-electron chi connectivity index (χ2n) is 7.40. The molecule has 5 rings (SSSR count). The largest absolute Gasteiger partial charge is 0.497 e. The van der Waals surface area contributed by atoms with Gasteiger partial charge in [0.15, 0.2) is 0 Å². The molecule has 0 bridgehead atoms. The first kappa shape index (κ1) is 19.9. The summed E-state index contributed by atoms with van der Waals surface area (Å²) in [5, 5.41) is 15.7. The lowest BCUT2D eigenvalue weighted by atomic mass is 9.84. The normalized spacial score (nSPS) is 15.2. The minimum atomic E-state index is -0.572. The molecule has 0 fully saturated rings. The number of ether oxygens (including phenoxy) is 2. The van der Waals surface area contributed by atoms with Gasteiger partial charge in [0, 0.05) is 10.9 Å². The molecule has 4 aromatic rings. The Morgan fingerprint density at radius 2 is 1.97 bits per heavy atom. The van der Waals surface area contributed by atoms with Crippen LogP contribution < -0.4 is 15.2 Å². The third-order valence-electron chi connectivity index (χ3n) is 5.55. The smallest absolute Gasteiger partial charge is 0.229 e. The number of nitriles is 1. The highest BCUT2D eigenvalue weighted by Gasteiger charge is 2.37. The number of aryl methyl sites for hydroxylation is 1. The zero-order valence-electron chi connectivity index (χ0n) is 17.3. The van der Waals surface area contributed by atoms with Crippen LogP contribution in [0.4, 0.5) is 0 Å². The topological polar surface area (TPSA) is 99.0 Å². The van der Waals surface area contributed by atoms with E-state index in [1.165, 1.54) is 0 Å². The molecule has 2 aromatic heterocycles. The van der Waals surface area contributed by atoms with E-state index in [4.69, 9.17) is 26.8 Å². The molecular formula is C24H18ClN5O2. The van der Waals surface area contributed by atoms with Gasteiger partial charge in [0.1, 0.15) is 22.5 Å². The SMILES string of the molecule is COc1ccc2nc(Cl)c(C3C(C#N)=C(N)Oc4c3c(C)nn4-c3ccccc3)cc2c1. The molecule has 32 heavy (non-hydrogen) atoms. The van der Waals surface area contributed by atoms with Crippen molar-refractivity contribution >= 4 is 22.5 Å². The maximum Gasteiger partial charge on any atom is 0.229 e. The molecule has 1 aliphatic rings. The van der Waals surface area contributed by atoms with Gasteiger partial charge in [-0.1, -0.05) is 29.8 Å². The molecule has 0 saturated heterocycles. The van der Waals surface area contributed by atoms with Gasteiger partial charge in [-0.3, -0.25) is 0 Å². The quantitative estimate of drug-likeness (QED) is 0.464. The summed E-state index contributed by atoms with van der Waals surface area (Å²) in [6, 6.07) is 19.2. The van der Waals surface area contributed by atoms with Crippen molar-refractivity contribution in [2.24, 2.45) is 5.73 Å². The molecule has 1 aliphatic heterocycles. The van der Waals surface area contributed by atoms with Crippen LogP contribution >= 0.6 is 11.6 Å². The predicted molar refractivity (Wildman–Crippen MR) is 121 cm³/mol. The maximum absolute atomic E-state index is 9.94. The van der Waals surface area contributed by atoms with Crippen LogP contribution in [0.5, 0.6) is 11.6 Å². The molecular weight excluding hydrogens is 426 g/mol. The van der Waals surface area contributed by atoms with Gasteiger partial charge in [0.05, 0.1) is 35.5 Å². The summed E-state index contributed by atoms with van der Waals surface area (Å²) in [5.74, 6) is 0.599. The van der Waals surface area contributed by atoms with Crippen LogP contribution in [0.2, 0.25) is 5.15 Å². The number of halogens is 1. The third kappa shape index (κ3) is 3.04. The van der Waals surface area contributed by atoms with Crippen LogP contribution in [0.25, 0.3) is 16.6 Å². The van der Waals surface area contributed by atoms with Gasteiger partial charge >= 0.3 is 0 Å². The fourth-order valence-corrected chi connectivity index (χ4v) is 4.30. The number of methoxy groups -OCH3 is 1. The number of allylic oxidation sites excluding steroid dienone is 1. The summed E-state index contributed by atoms with van der Waals surface area (Å²) >= 11 is 6.64. The number of para-hydroxylation sites is 1. The number of fused-ring (bicyclic) bond motifs is 2. The first-order valence-corrected chi connectivity index (χ1v) is 10.3. The fraction of sp³-hybridized carbons (Fsp3) is 0.125. The molecule has 0 spiro atoms. The number of pyridine rings is 1. The van der Waals surface area contributed by atoms with Crippen molar-refractivity contribution in [2.45, 2.75) is 12.8 Å². The number of nitrogens with two attached hydrogens (primary N) is 1. The summed E-state index contributed by atoms with van der Waals surface area (Å²) in [6.07, 6.45) is 0. The van der Waals surface area contributed by atoms with Crippen LogP contribution in [-0.4, -0.2) is 21.9 Å². The van der Waals surface area contributed by atoms with E-state index in [1.54, 1.807) is 11.8 Å². The fourth-order valence-electron chi connectivity index (χ4n) is 4.05. The number of hydrogen-bond acceptors (Lipinski definition) is 6. The Bertz CT molecular complexity index is 1440. The van der Waals surface area contributed by atoms with Gasteiger partial charge in [0.25, 0.3) is 0 Å². The number of aromatic nitrogens is 3. The standard InChI is InChI=1S/C24H18ClN5O2/c1-13-20-21(17-11-14-10-16(31-2)8-9-19(14)28-22(17)25)18(12-26)23(27)32-24(20)30(29-13)15-6-4-3-5-7-15/h3-11,21H,27H2,1-2H3. The van der Waals surface area contributed by atoms with Gasteiger partial charge in [-0.15, -0.1) is 0 Å². The summed E-state index contributed by atoms with van der Waals surface area (Å²) < 4.78 is 12.9. The molecule has 1 unspecified atom stereocenters. The number of benzene rings is 2. The van der Waals surface area contributed by atoms with Crippen molar-refractivity contribution in [3.63, 3.8) is 0 Å². The molecule has 3 heterocycles. The summed E-state index contributed by atoms with van der Waals surface area (Å²) in [5.41, 5.74) is 10.1. The second-order valence-corrected chi connectivity index (χ2v) is 7.76. The Morgan fingerprint density at radius 1 is 1.19 bits per heavy atom. The van der Waals surface area contributed by atoms with Gasteiger partial charge < -0.3 is 15.2 Å². The first-order chi connectivity index (χ1) is 15.5. The average Bonchev–Trinajstić information content (AvgIpc) is 3.13. The van der Waals surface area contributed by atoms with E-state index in [0.717, 1.165) is 22.2 Å². The highest BCUT2D eigenvalue weighted by atomic mass is 35.5. The lowest BCUT2D eigenvalue weighted by Crippen LogP contribution is -2.22. The Balaban J connectivity index is 1.77. The van der Waals surface area contributed by atoms with Gasteiger partial charge in [-0.05, 0) is 43.3 Å². The molecule has 8 heteroatoms. The maximum atomic E-state index is 9.94. The van der Waals surface area contributed by atoms with Gasteiger partial charge in [-0.25, -0.2) is 9.67 Å². The van der Waals surface area contributed by atoms with E-state index in [2.05, 4.69) is 16.2 Å². The van der Waals surface area contributed by atoms with E-state index < -0.39 is 5.92 Å². The minimum absolute atomic E-state index is 0.0175. The average molecular weight is 444 g/mol. The zero-order chi connectivity index (χ0) is 22.4. The molecule has 2 N–H and O–H groups in total. The van der Waals surface area contributed by atoms with Crippen molar-refractivity contribution < 1.29 is 9.47 Å². The highest BCUT2D eigenvalue weighted by Crippen LogP contribution is 2.46. The highest BCUT2D eigenvalue weighted by molar-refractivity contribution is 6.30. The molecule has 7 nitrogen and oxygen atoms in total. The van der Waals surface area contributed by atoms with Crippen LogP contribution in [0.15, 0.2) is 66.1 Å². The van der Waals surface area contributed by atoms with Crippen LogP contribution in [0.1, 0.15) is 22.7 Å². The molecule has 0 aliphatic carbocycles. The Hall–Kier alpha value is -4.02. The minimum Gasteiger partial charge on any atom is -0.497 e. The van der Waals surface area contributed by atoms with Gasteiger partial charge in [-0.2, -0.15) is 10.4 Å². The second kappa shape index (κ2) is 7.59. The van der Waals surface area contributed by atoms with E-state index in [0.29, 0.717) is 22.9 Å². The third-order valence-corrected chi connectivity index (χ3v) is 5.85. The summed E-state index contributed by atoms with van der Waals surface area (Å²) in [4.78, 5) is 4.56. The lowest BCUT2D eigenvalue weighted by molar-refractivity contribution is 0.367. The Morgan fingerprint density at radius 3 is 2.69 bits per heavy atom.